The van der Waals surface area contributed by atoms with Crippen molar-refractivity contribution >= 4 is 17.3 Å². The minimum absolute atomic E-state index is 0.0817. The molecule has 2 aliphatic rings. The Kier molecular flexibility index (Phi) is 7.64. The number of β-amino-alcohol motifs (C(OH)–C–C–N with tert-alkyl or cyclic N) is 1. The molecule has 1 unspecified atom stereocenters. The van der Waals surface area contributed by atoms with Crippen LogP contribution >= 0.6 is 0 Å². The van der Waals surface area contributed by atoms with Gasteiger partial charge in [-0.3, -0.25) is 9.59 Å². The van der Waals surface area contributed by atoms with Crippen LogP contribution in [-0.4, -0.2) is 66.7 Å². The van der Waals surface area contributed by atoms with Crippen LogP contribution in [-0.2, 0) is 17.4 Å². The minimum atomic E-state index is -4.80. The number of aliphatic hydroxyl groups is 1. The number of amides is 1. The number of nitrogens with one attached hydrogen (secondary N) is 1. The van der Waals surface area contributed by atoms with Crippen molar-refractivity contribution < 1.29 is 32.2 Å². The van der Waals surface area contributed by atoms with Gasteiger partial charge in [-0.1, -0.05) is 0 Å². The molecule has 5 rings (SSSR count). The predicted octanol–water partition coefficient (Wildman–Crippen LogP) is 3.14. The Hall–Kier alpha value is -4.13. The molecule has 2 aromatic carbocycles. The molecule has 0 aliphatic carbocycles. The number of benzene rings is 2. The van der Waals surface area contributed by atoms with E-state index in [2.05, 4.69) is 10.4 Å². The van der Waals surface area contributed by atoms with Crippen molar-refractivity contribution in [3.8, 4) is 22.7 Å². The molecule has 0 bridgehead atoms. The van der Waals surface area contributed by atoms with Crippen LogP contribution in [0, 0.1) is 5.82 Å². The minimum Gasteiger partial charge on any atom is -0.494 e. The van der Waals surface area contributed by atoms with E-state index in [1.807, 2.05) is 4.90 Å². The fourth-order valence-corrected chi connectivity index (χ4v) is 5.55. The van der Waals surface area contributed by atoms with E-state index in [4.69, 9.17) is 4.74 Å². The molecule has 0 radical (unpaired) electrons. The standard InChI is InChI=1S/C28H29F4N5O4/c1-16(39)33-18-7-9-36(15-18)19-4-5-21(28(30,31)32)23(14-19)37-27(40)26-20(8-10-35(26)11-12-38)25(34-37)17-3-6-22(29)24(13-17)41-2/h3-6,13-14,18,38H,7-12,15H2,1-2H3,(H,33,39). The van der Waals surface area contributed by atoms with E-state index in [-0.39, 0.29) is 42.2 Å². The van der Waals surface area contributed by atoms with Crippen LogP contribution < -0.4 is 25.4 Å². The molecule has 9 nitrogen and oxygen atoms in total. The fourth-order valence-electron chi connectivity index (χ4n) is 5.55. The normalized spacial score (nSPS) is 16.7. The smallest absolute Gasteiger partial charge is 0.418 e. The average Bonchev–Trinajstić information content (AvgIpc) is 3.56. The lowest BCUT2D eigenvalue weighted by Crippen LogP contribution is -2.35. The van der Waals surface area contributed by atoms with Crippen molar-refractivity contribution in [3.63, 3.8) is 0 Å². The van der Waals surface area contributed by atoms with E-state index in [0.29, 0.717) is 49.3 Å². The van der Waals surface area contributed by atoms with Gasteiger partial charge in [-0.15, -0.1) is 0 Å². The number of carbonyl (C=O) groups excluding carboxylic acids is 1. The molecule has 13 heteroatoms. The van der Waals surface area contributed by atoms with Crippen LogP contribution in [0.25, 0.3) is 16.9 Å². The van der Waals surface area contributed by atoms with Gasteiger partial charge in [-0.2, -0.15) is 23.0 Å². The Bertz CT molecular complexity index is 1540. The molecule has 1 amide bonds. The number of alkyl halides is 3. The molecule has 3 aromatic rings. The van der Waals surface area contributed by atoms with Gasteiger partial charge in [0, 0.05) is 56.0 Å². The lowest BCUT2D eigenvalue weighted by molar-refractivity contribution is -0.137. The van der Waals surface area contributed by atoms with Gasteiger partial charge in [0.2, 0.25) is 5.91 Å². The van der Waals surface area contributed by atoms with Crippen LogP contribution in [0.2, 0.25) is 0 Å². The van der Waals surface area contributed by atoms with Crippen molar-refractivity contribution in [2.24, 2.45) is 0 Å². The molecule has 1 aromatic heterocycles. The first-order chi connectivity index (χ1) is 19.5. The first kappa shape index (κ1) is 28.4. The van der Waals surface area contributed by atoms with Gasteiger partial charge in [0.05, 0.1) is 30.7 Å². The van der Waals surface area contributed by atoms with E-state index in [1.165, 1.54) is 44.4 Å². The van der Waals surface area contributed by atoms with Gasteiger partial charge in [0.15, 0.2) is 11.6 Å². The number of nitrogens with zero attached hydrogens (tertiary/aromatic N) is 4. The Balaban J connectivity index is 1.71. The molecule has 0 spiro atoms. The van der Waals surface area contributed by atoms with E-state index >= 15 is 0 Å². The third-order valence-corrected chi connectivity index (χ3v) is 7.38. The number of methoxy groups -OCH3 is 1. The van der Waals surface area contributed by atoms with E-state index in [1.54, 1.807) is 4.90 Å². The second-order valence-electron chi connectivity index (χ2n) is 10.0. The monoisotopic (exact) mass is 575 g/mol. The largest absolute Gasteiger partial charge is 0.494 e. The lowest BCUT2D eigenvalue weighted by Gasteiger charge is -2.23. The maximum absolute atomic E-state index is 14.3. The van der Waals surface area contributed by atoms with Crippen LogP contribution in [0.4, 0.5) is 28.9 Å². The highest BCUT2D eigenvalue weighted by atomic mass is 19.4. The average molecular weight is 576 g/mol. The summed E-state index contributed by atoms with van der Waals surface area (Å²) in [5.41, 5.74) is -0.630. The van der Waals surface area contributed by atoms with Gasteiger partial charge in [0.25, 0.3) is 5.56 Å². The number of aliphatic hydroxyl groups excluding tert-OH is 1. The number of hydrogen-bond donors (Lipinski definition) is 2. The second kappa shape index (κ2) is 11.0. The number of carbonyl (C=O) groups is 1. The topological polar surface area (TPSA) is 99.9 Å². The van der Waals surface area contributed by atoms with E-state index < -0.39 is 28.8 Å². The molecule has 41 heavy (non-hydrogen) atoms. The molecule has 1 fully saturated rings. The third-order valence-electron chi connectivity index (χ3n) is 7.38. The lowest BCUT2D eigenvalue weighted by atomic mass is 10.0. The zero-order chi connectivity index (χ0) is 29.5. The number of rotatable bonds is 7. The van der Waals surface area contributed by atoms with Crippen molar-refractivity contribution in [1.29, 1.82) is 0 Å². The molecule has 1 saturated heterocycles. The zero-order valence-electron chi connectivity index (χ0n) is 22.5. The Morgan fingerprint density at radius 1 is 1.20 bits per heavy atom. The molecular formula is C28H29F4N5O4. The number of halogens is 4. The maximum atomic E-state index is 14.3. The summed E-state index contributed by atoms with van der Waals surface area (Å²) in [6.07, 6.45) is -3.83. The van der Waals surface area contributed by atoms with Crippen molar-refractivity contribution in [1.82, 2.24) is 15.1 Å². The van der Waals surface area contributed by atoms with Crippen LogP contribution in [0.5, 0.6) is 5.75 Å². The predicted molar refractivity (Wildman–Crippen MR) is 144 cm³/mol. The van der Waals surface area contributed by atoms with E-state index in [9.17, 15) is 32.3 Å². The molecule has 0 saturated carbocycles. The maximum Gasteiger partial charge on any atom is 0.418 e. The highest BCUT2D eigenvalue weighted by Gasteiger charge is 2.37. The third kappa shape index (κ3) is 5.45. The van der Waals surface area contributed by atoms with Crippen LogP contribution in [0.3, 0.4) is 0 Å². The first-order valence-electron chi connectivity index (χ1n) is 13.1. The van der Waals surface area contributed by atoms with Crippen LogP contribution in [0.1, 0.15) is 24.5 Å². The van der Waals surface area contributed by atoms with Crippen molar-refractivity contribution in [3.05, 3.63) is 63.7 Å². The summed E-state index contributed by atoms with van der Waals surface area (Å²) in [5.74, 6) is -0.906. The second-order valence-corrected chi connectivity index (χ2v) is 10.0. The van der Waals surface area contributed by atoms with Gasteiger partial charge in [0.1, 0.15) is 5.69 Å². The Morgan fingerprint density at radius 3 is 2.66 bits per heavy atom. The molecule has 2 N–H and O–H groups in total. The molecule has 3 heterocycles. The summed E-state index contributed by atoms with van der Waals surface area (Å²) in [6, 6.07) is 7.35. The van der Waals surface area contributed by atoms with Gasteiger partial charge >= 0.3 is 6.18 Å². The number of hydrogen-bond acceptors (Lipinski definition) is 7. The Labute approximate surface area is 232 Å². The van der Waals surface area contributed by atoms with Gasteiger partial charge in [-0.25, -0.2) is 4.39 Å². The molecule has 1 atom stereocenters. The Morgan fingerprint density at radius 2 is 1.98 bits per heavy atom. The summed E-state index contributed by atoms with van der Waals surface area (Å²) in [6.45, 7) is 2.47. The van der Waals surface area contributed by atoms with Crippen molar-refractivity contribution in [2.45, 2.75) is 32.0 Å². The molecule has 2 aliphatic heterocycles. The number of aromatic nitrogens is 2. The van der Waals surface area contributed by atoms with Gasteiger partial charge < -0.3 is 25.0 Å². The fraction of sp³-hybridized carbons (Fsp3) is 0.393. The molecule has 218 valence electrons. The summed E-state index contributed by atoms with van der Waals surface area (Å²) in [4.78, 5) is 28.8. The first-order valence-corrected chi connectivity index (χ1v) is 13.1. The van der Waals surface area contributed by atoms with Crippen molar-refractivity contribution in [2.75, 3.05) is 49.7 Å². The highest BCUT2D eigenvalue weighted by Crippen LogP contribution is 2.38. The summed E-state index contributed by atoms with van der Waals surface area (Å²) in [7, 11) is 1.29. The van der Waals surface area contributed by atoms with Crippen LogP contribution in [0.15, 0.2) is 41.2 Å². The highest BCUT2D eigenvalue weighted by molar-refractivity contribution is 5.75. The number of ether oxygens (including phenoxy) is 1. The summed E-state index contributed by atoms with van der Waals surface area (Å²) < 4.78 is 63.0. The summed E-state index contributed by atoms with van der Waals surface area (Å²) >= 11 is 0. The number of anilines is 2. The number of fused-ring (bicyclic) bond motifs is 1. The van der Waals surface area contributed by atoms with Gasteiger partial charge in [-0.05, 0) is 49.2 Å². The zero-order valence-corrected chi connectivity index (χ0v) is 22.5. The quantitative estimate of drug-likeness (QED) is 0.418. The SMILES string of the molecule is COc1cc(-c2nn(-c3cc(N4CCC(NC(C)=O)C4)ccc3C(F)(F)F)c(=O)c3c2CCN3CCO)ccc1F. The molecular weight excluding hydrogens is 546 g/mol. The van der Waals surface area contributed by atoms with E-state index in [0.717, 1.165) is 10.7 Å². The summed E-state index contributed by atoms with van der Waals surface area (Å²) in [5, 5.41) is 16.9.